The van der Waals surface area contributed by atoms with Gasteiger partial charge in [0.25, 0.3) is 5.91 Å². The van der Waals surface area contributed by atoms with Crippen LogP contribution in [-0.4, -0.2) is 18.1 Å². The number of amides is 1. The number of methoxy groups -OCH3 is 1. The third kappa shape index (κ3) is 3.00. The molecule has 0 bridgehead atoms. The maximum atomic E-state index is 13.3. The molecule has 4 nitrogen and oxygen atoms in total. The van der Waals surface area contributed by atoms with E-state index in [1.54, 1.807) is 0 Å². The van der Waals surface area contributed by atoms with Crippen LogP contribution in [0.5, 0.6) is 11.5 Å². The SMILES string of the molecule is COc1cc(NC(=O)c2cc(O)ccc2Cl)ccc1F. The Hall–Kier alpha value is -2.27. The lowest BCUT2D eigenvalue weighted by molar-refractivity contribution is 0.102. The number of nitrogens with one attached hydrogen (secondary N) is 1. The topological polar surface area (TPSA) is 58.6 Å². The van der Waals surface area contributed by atoms with Gasteiger partial charge in [-0.25, -0.2) is 4.39 Å². The van der Waals surface area contributed by atoms with Crippen LogP contribution in [-0.2, 0) is 0 Å². The number of anilines is 1. The van der Waals surface area contributed by atoms with Crippen LogP contribution < -0.4 is 10.1 Å². The zero-order chi connectivity index (χ0) is 14.7. The lowest BCUT2D eigenvalue weighted by atomic mass is 10.2. The number of phenols is 1. The van der Waals surface area contributed by atoms with Gasteiger partial charge in [-0.2, -0.15) is 0 Å². The molecule has 0 spiro atoms. The number of hydrogen-bond acceptors (Lipinski definition) is 3. The molecule has 0 saturated carbocycles. The number of phenolic OH excluding ortho intramolecular Hbond substituents is 1. The first-order valence-corrected chi connectivity index (χ1v) is 6.02. The van der Waals surface area contributed by atoms with E-state index >= 15 is 0 Å². The molecule has 0 saturated heterocycles. The summed E-state index contributed by atoms with van der Waals surface area (Å²) in [6.07, 6.45) is 0. The van der Waals surface area contributed by atoms with Gasteiger partial charge < -0.3 is 15.2 Å². The van der Waals surface area contributed by atoms with Crippen LogP contribution in [0.15, 0.2) is 36.4 Å². The van der Waals surface area contributed by atoms with Crippen molar-refractivity contribution in [3.63, 3.8) is 0 Å². The van der Waals surface area contributed by atoms with Gasteiger partial charge in [0.05, 0.1) is 17.7 Å². The Balaban J connectivity index is 2.25. The van der Waals surface area contributed by atoms with Gasteiger partial charge in [-0.1, -0.05) is 11.6 Å². The van der Waals surface area contributed by atoms with Gasteiger partial charge in [-0.3, -0.25) is 4.79 Å². The van der Waals surface area contributed by atoms with Crippen molar-refractivity contribution in [2.24, 2.45) is 0 Å². The summed E-state index contributed by atoms with van der Waals surface area (Å²) < 4.78 is 18.1. The maximum absolute atomic E-state index is 13.3. The van der Waals surface area contributed by atoms with Gasteiger partial charge in [0, 0.05) is 11.8 Å². The van der Waals surface area contributed by atoms with Gasteiger partial charge >= 0.3 is 0 Å². The minimum Gasteiger partial charge on any atom is -0.508 e. The van der Waals surface area contributed by atoms with Crippen molar-refractivity contribution in [1.82, 2.24) is 0 Å². The van der Waals surface area contributed by atoms with Crippen LogP contribution in [0.25, 0.3) is 0 Å². The predicted molar refractivity (Wildman–Crippen MR) is 74.0 cm³/mol. The van der Waals surface area contributed by atoms with Gasteiger partial charge in [-0.05, 0) is 30.3 Å². The summed E-state index contributed by atoms with van der Waals surface area (Å²) in [5, 5.41) is 12.1. The van der Waals surface area contributed by atoms with E-state index in [1.165, 1.54) is 43.5 Å². The van der Waals surface area contributed by atoms with Gasteiger partial charge in [0.15, 0.2) is 11.6 Å². The average Bonchev–Trinajstić information content (AvgIpc) is 2.43. The van der Waals surface area contributed by atoms with Crippen molar-refractivity contribution in [2.45, 2.75) is 0 Å². The van der Waals surface area contributed by atoms with E-state index in [-0.39, 0.29) is 22.1 Å². The largest absolute Gasteiger partial charge is 0.508 e. The molecule has 0 aliphatic rings. The number of ether oxygens (including phenoxy) is 1. The molecule has 0 fully saturated rings. The molecule has 6 heteroatoms. The number of halogens is 2. The molecule has 0 heterocycles. The van der Waals surface area contributed by atoms with Gasteiger partial charge in [0.1, 0.15) is 5.75 Å². The quantitative estimate of drug-likeness (QED) is 0.912. The van der Waals surface area contributed by atoms with E-state index in [4.69, 9.17) is 16.3 Å². The summed E-state index contributed by atoms with van der Waals surface area (Å²) in [7, 11) is 1.33. The fourth-order valence-electron chi connectivity index (χ4n) is 1.62. The molecule has 104 valence electrons. The van der Waals surface area contributed by atoms with E-state index in [1.807, 2.05) is 0 Å². The monoisotopic (exact) mass is 295 g/mol. The Labute approximate surface area is 119 Å². The minimum absolute atomic E-state index is 0.0183. The third-order valence-corrected chi connectivity index (χ3v) is 2.93. The molecule has 0 aliphatic heterocycles. The van der Waals surface area contributed by atoms with E-state index in [2.05, 4.69) is 5.32 Å². The Morgan fingerprint density at radius 3 is 2.75 bits per heavy atom. The smallest absolute Gasteiger partial charge is 0.257 e. The Kier molecular flexibility index (Phi) is 4.10. The standard InChI is InChI=1S/C14H11ClFNO3/c1-20-13-6-8(2-5-12(13)16)17-14(19)10-7-9(18)3-4-11(10)15/h2-7,18H,1H3,(H,17,19). The summed E-state index contributed by atoms with van der Waals surface area (Å²) >= 11 is 5.88. The fourth-order valence-corrected chi connectivity index (χ4v) is 1.83. The summed E-state index contributed by atoms with van der Waals surface area (Å²) in [4.78, 5) is 12.0. The second-order valence-corrected chi connectivity index (χ2v) is 4.37. The molecule has 2 rings (SSSR count). The predicted octanol–water partition coefficient (Wildman–Crippen LogP) is 3.45. The molecule has 1 amide bonds. The number of rotatable bonds is 3. The van der Waals surface area contributed by atoms with E-state index in [0.29, 0.717) is 5.69 Å². The molecule has 0 radical (unpaired) electrons. The number of carbonyl (C=O) groups is 1. The van der Waals surface area contributed by atoms with Crippen molar-refractivity contribution in [2.75, 3.05) is 12.4 Å². The number of benzene rings is 2. The molecule has 0 unspecified atom stereocenters. The van der Waals surface area contributed by atoms with Crippen LogP contribution in [0.4, 0.5) is 10.1 Å². The van der Waals surface area contributed by atoms with E-state index < -0.39 is 11.7 Å². The van der Waals surface area contributed by atoms with Gasteiger partial charge in [0.2, 0.25) is 0 Å². The molecular weight excluding hydrogens is 285 g/mol. The highest BCUT2D eigenvalue weighted by Crippen LogP contribution is 2.24. The third-order valence-electron chi connectivity index (χ3n) is 2.60. The highest BCUT2D eigenvalue weighted by molar-refractivity contribution is 6.34. The summed E-state index contributed by atoms with van der Waals surface area (Å²) in [6.45, 7) is 0. The zero-order valence-electron chi connectivity index (χ0n) is 10.5. The molecule has 0 atom stereocenters. The van der Waals surface area contributed by atoms with Crippen LogP contribution in [0.3, 0.4) is 0 Å². The zero-order valence-corrected chi connectivity index (χ0v) is 11.2. The van der Waals surface area contributed by atoms with Crippen molar-refractivity contribution in [3.05, 3.63) is 52.8 Å². The number of aromatic hydroxyl groups is 1. The molecular formula is C14H11ClFNO3. The van der Waals surface area contributed by atoms with Crippen LogP contribution in [0.2, 0.25) is 5.02 Å². The average molecular weight is 296 g/mol. The Morgan fingerprint density at radius 2 is 2.05 bits per heavy atom. The second-order valence-electron chi connectivity index (χ2n) is 3.97. The maximum Gasteiger partial charge on any atom is 0.257 e. The Morgan fingerprint density at radius 1 is 1.30 bits per heavy atom. The van der Waals surface area contributed by atoms with Crippen LogP contribution in [0.1, 0.15) is 10.4 Å². The van der Waals surface area contributed by atoms with Crippen molar-refractivity contribution in [1.29, 1.82) is 0 Å². The minimum atomic E-state index is -0.527. The first kappa shape index (κ1) is 14.1. The lowest BCUT2D eigenvalue weighted by Crippen LogP contribution is -2.12. The second kappa shape index (κ2) is 5.79. The first-order chi connectivity index (χ1) is 9.51. The van der Waals surface area contributed by atoms with Gasteiger partial charge in [-0.15, -0.1) is 0 Å². The molecule has 0 aliphatic carbocycles. The van der Waals surface area contributed by atoms with E-state index in [9.17, 15) is 14.3 Å². The summed E-state index contributed by atoms with van der Waals surface area (Å²) in [6, 6.07) is 7.96. The van der Waals surface area contributed by atoms with Crippen molar-refractivity contribution in [3.8, 4) is 11.5 Å². The molecule has 0 aromatic heterocycles. The molecule has 20 heavy (non-hydrogen) atoms. The number of carbonyl (C=O) groups excluding carboxylic acids is 1. The molecule has 2 N–H and O–H groups in total. The van der Waals surface area contributed by atoms with Crippen molar-refractivity contribution < 1.29 is 19.0 Å². The van der Waals surface area contributed by atoms with Crippen LogP contribution in [0, 0.1) is 5.82 Å². The molecule has 2 aromatic carbocycles. The highest BCUT2D eigenvalue weighted by atomic mass is 35.5. The molecule has 2 aromatic rings. The normalized spacial score (nSPS) is 10.2. The Bertz CT molecular complexity index is 661. The van der Waals surface area contributed by atoms with E-state index in [0.717, 1.165) is 0 Å². The summed E-state index contributed by atoms with van der Waals surface area (Å²) in [5.74, 6) is -1.10. The van der Waals surface area contributed by atoms with Crippen molar-refractivity contribution >= 4 is 23.2 Å². The number of hydrogen-bond donors (Lipinski definition) is 2. The first-order valence-electron chi connectivity index (χ1n) is 5.64. The lowest BCUT2D eigenvalue weighted by Gasteiger charge is -2.09. The van der Waals surface area contributed by atoms with Crippen LogP contribution >= 0.6 is 11.6 Å². The summed E-state index contributed by atoms with van der Waals surface area (Å²) in [5.41, 5.74) is 0.475. The highest BCUT2D eigenvalue weighted by Gasteiger charge is 2.12. The fraction of sp³-hybridized carbons (Fsp3) is 0.0714.